The van der Waals surface area contributed by atoms with Crippen molar-refractivity contribution in [2.45, 2.75) is 40.2 Å². The third-order valence-corrected chi connectivity index (χ3v) is 2.57. The minimum absolute atomic E-state index is 0.477. The number of aliphatic hydroxyl groups excluding tert-OH is 1. The Balaban J connectivity index is 2.72. The van der Waals surface area contributed by atoms with Gasteiger partial charge in [-0.3, -0.25) is 0 Å². The van der Waals surface area contributed by atoms with E-state index in [1.54, 1.807) is 6.92 Å². The number of ether oxygens (including phenoxy) is 1. The van der Waals surface area contributed by atoms with Crippen LogP contribution < -0.4 is 4.74 Å². The summed E-state index contributed by atoms with van der Waals surface area (Å²) in [5.74, 6) is 1.45. The maximum Gasteiger partial charge on any atom is 0.125 e. The molecule has 2 heteroatoms. The lowest BCUT2D eigenvalue weighted by Gasteiger charge is -2.15. The highest BCUT2D eigenvalue weighted by atomic mass is 16.5. The van der Waals surface area contributed by atoms with E-state index in [9.17, 15) is 5.11 Å². The van der Waals surface area contributed by atoms with Crippen LogP contribution in [0.2, 0.25) is 0 Å². The lowest BCUT2D eigenvalue weighted by molar-refractivity contribution is 0.190. The van der Waals surface area contributed by atoms with Crippen molar-refractivity contribution in [3.63, 3.8) is 0 Å². The molecule has 0 saturated heterocycles. The zero-order valence-corrected chi connectivity index (χ0v) is 10.7. The predicted octanol–water partition coefficient (Wildman–Crippen LogP) is 3.47. The monoisotopic (exact) mass is 222 g/mol. The molecule has 0 aromatic heterocycles. The Hall–Kier alpha value is -1.02. The van der Waals surface area contributed by atoms with Crippen molar-refractivity contribution in [3.05, 3.63) is 29.3 Å². The number of hydrogen-bond donors (Lipinski definition) is 1. The second-order valence-corrected chi connectivity index (χ2v) is 4.75. The molecule has 0 aliphatic carbocycles. The van der Waals surface area contributed by atoms with Crippen molar-refractivity contribution in [3.8, 4) is 5.75 Å². The lowest BCUT2D eigenvalue weighted by atomic mass is 10.1. The van der Waals surface area contributed by atoms with Gasteiger partial charge in [-0.2, -0.15) is 0 Å². The fourth-order valence-electron chi connectivity index (χ4n) is 1.52. The summed E-state index contributed by atoms with van der Waals surface area (Å²) in [6, 6.07) is 5.92. The normalized spacial score (nSPS) is 12.9. The number of benzene rings is 1. The van der Waals surface area contributed by atoms with E-state index in [0.717, 1.165) is 23.3 Å². The molecule has 1 atom stereocenters. The van der Waals surface area contributed by atoms with Crippen LogP contribution in [0, 0.1) is 12.8 Å². The Labute approximate surface area is 98.3 Å². The van der Waals surface area contributed by atoms with Crippen LogP contribution in [-0.2, 0) is 0 Å². The van der Waals surface area contributed by atoms with Gasteiger partial charge in [0.25, 0.3) is 0 Å². The Morgan fingerprint density at radius 1 is 1.25 bits per heavy atom. The zero-order chi connectivity index (χ0) is 12.1. The summed E-state index contributed by atoms with van der Waals surface area (Å²) in [5.41, 5.74) is 2.03. The van der Waals surface area contributed by atoms with Gasteiger partial charge in [-0.25, -0.2) is 0 Å². The summed E-state index contributed by atoms with van der Waals surface area (Å²) in [5, 5.41) is 9.62. The quantitative estimate of drug-likeness (QED) is 0.826. The molecule has 0 unspecified atom stereocenters. The third-order valence-electron chi connectivity index (χ3n) is 2.57. The molecule has 1 aromatic carbocycles. The first-order chi connectivity index (χ1) is 7.50. The van der Waals surface area contributed by atoms with Crippen molar-refractivity contribution in [1.82, 2.24) is 0 Å². The van der Waals surface area contributed by atoms with Gasteiger partial charge in [0.15, 0.2) is 0 Å². The minimum Gasteiger partial charge on any atom is -0.493 e. The van der Waals surface area contributed by atoms with Crippen LogP contribution in [-0.4, -0.2) is 11.7 Å². The standard InChI is InChI=1S/C14H22O2/c1-10(2)7-8-16-14-9-11(3)5-6-13(14)12(4)15/h5-6,9-10,12,15H,7-8H2,1-4H3/t12-/m0/s1. The van der Waals surface area contributed by atoms with Crippen LogP contribution in [0.4, 0.5) is 0 Å². The van der Waals surface area contributed by atoms with Crippen LogP contribution >= 0.6 is 0 Å². The molecule has 1 rings (SSSR count). The summed E-state index contributed by atoms with van der Waals surface area (Å²) < 4.78 is 5.73. The Morgan fingerprint density at radius 3 is 2.50 bits per heavy atom. The number of aliphatic hydroxyl groups is 1. The smallest absolute Gasteiger partial charge is 0.125 e. The Morgan fingerprint density at radius 2 is 1.94 bits per heavy atom. The van der Waals surface area contributed by atoms with E-state index < -0.39 is 6.10 Å². The van der Waals surface area contributed by atoms with Gasteiger partial charge in [0, 0.05) is 5.56 Å². The highest BCUT2D eigenvalue weighted by Crippen LogP contribution is 2.26. The van der Waals surface area contributed by atoms with Gasteiger partial charge in [0.1, 0.15) is 5.75 Å². The Kier molecular flexibility index (Phi) is 4.81. The SMILES string of the molecule is Cc1ccc([C@H](C)O)c(OCCC(C)C)c1. The first-order valence-electron chi connectivity index (χ1n) is 5.92. The molecule has 0 aliphatic heterocycles. The molecular weight excluding hydrogens is 200 g/mol. The van der Waals surface area contributed by atoms with E-state index in [1.165, 1.54) is 0 Å². The lowest BCUT2D eigenvalue weighted by Crippen LogP contribution is -2.05. The zero-order valence-electron chi connectivity index (χ0n) is 10.7. The van der Waals surface area contributed by atoms with Crippen LogP contribution in [0.5, 0.6) is 5.75 Å². The van der Waals surface area contributed by atoms with Crippen molar-refractivity contribution in [2.24, 2.45) is 5.92 Å². The van der Waals surface area contributed by atoms with Gasteiger partial charge >= 0.3 is 0 Å². The molecule has 1 N–H and O–H groups in total. The molecule has 1 aromatic rings. The molecule has 0 aliphatic rings. The first kappa shape index (κ1) is 13.0. The van der Waals surface area contributed by atoms with Crippen LogP contribution in [0.25, 0.3) is 0 Å². The molecule has 0 spiro atoms. The molecule has 16 heavy (non-hydrogen) atoms. The topological polar surface area (TPSA) is 29.5 Å². The third kappa shape index (κ3) is 3.86. The molecule has 0 heterocycles. The second-order valence-electron chi connectivity index (χ2n) is 4.75. The van der Waals surface area contributed by atoms with Crippen LogP contribution in [0.15, 0.2) is 18.2 Å². The van der Waals surface area contributed by atoms with Gasteiger partial charge < -0.3 is 9.84 Å². The van der Waals surface area contributed by atoms with E-state index in [0.29, 0.717) is 12.5 Å². The summed E-state index contributed by atoms with van der Waals surface area (Å²) >= 11 is 0. The average Bonchev–Trinajstić information content (AvgIpc) is 2.16. The number of rotatable bonds is 5. The highest BCUT2D eigenvalue weighted by molar-refractivity contribution is 5.38. The molecule has 0 radical (unpaired) electrons. The number of aryl methyl sites for hydroxylation is 1. The second kappa shape index (κ2) is 5.90. The van der Waals surface area contributed by atoms with E-state index in [2.05, 4.69) is 13.8 Å². The number of hydrogen-bond acceptors (Lipinski definition) is 2. The van der Waals surface area contributed by atoms with E-state index >= 15 is 0 Å². The van der Waals surface area contributed by atoms with Crippen LogP contribution in [0.3, 0.4) is 0 Å². The summed E-state index contributed by atoms with van der Waals surface area (Å²) in [4.78, 5) is 0. The molecule has 2 nitrogen and oxygen atoms in total. The molecular formula is C14H22O2. The summed E-state index contributed by atoms with van der Waals surface area (Å²) in [6.07, 6.45) is 0.558. The van der Waals surface area contributed by atoms with Crippen molar-refractivity contribution >= 4 is 0 Å². The molecule has 0 bridgehead atoms. The fraction of sp³-hybridized carbons (Fsp3) is 0.571. The van der Waals surface area contributed by atoms with Crippen molar-refractivity contribution < 1.29 is 9.84 Å². The van der Waals surface area contributed by atoms with Gasteiger partial charge in [-0.15, -0.1) is 0 Å². The van der Waals surface area contributed by atoms with Gasteiger partial charge in [-0.05, 0) is 37.8 Å². The first-order valence-corrected chi connectivity index (χ1v) is 5.92. The molecule has 90 valence electrons. The van der Waals surface area contributed by atoms with E-state index in [1.807, 2.05) is 25.1 Å². The van der Waals surface area contributed by atoms with E-state index in [-0.39, 0.29) is 0 Å². The van der Waals surface area contributed by atoms with Gasteiger partial charge in [0.05, 0.1) is 12.7 Å². The maximum absolute atomic E-state index is 9.62. The fourth-order valence-corrected chi connectivity index (χ4v) is 1.52. The minimum atomic E-state index is -0.477. The summed E-state index contributed by atoms with van der Waals surface area (Å²) in [7, 11) is 0. The average molecular weight is 222 g/mol. The predicted molar refractivity (Wildman–Crippen MR) is 66.8 cm³/mol. The van der Waals surface area contributed by atoms with Gasteiger partial charge in [-0.1, -0.05) is 26.0 Å². The Bertz CT molecular complexity index is 330. The molecule has 0 amide bonds. The summed E-state index contributed by atoms with van der Waals surface area (Å²) in [6.45, 7) is 8.85. The van der Waals surface area contributed by atoms with Crippen molar-refractivity contribution in [1.29, 1.82) is 0 Å². The van der Waals surface area contributed by atoms with E-state index in [4.69, 9.17) is 4.74 Å². The molecule has 0 saturated carbocycles. The maximum atomic E-state index is 9.62. The van der Waals surface area contributed by atoms with Crippen molar-refractivity contribution in [2.75, 3.05) is 6.61 Å². The molecule has 0 fully saturated rings. The highest BCUT2D eigenvalue weighted by Gasteiger charge is 2.09. The van der Waals surface area contributed by atoms with Gasteiger partial charge in [0.2, 0.25) is 0 Å². The van der Waals surface area contributed by atoms with Crippen LogP contribution in [0.1, 0.15) is 44.4 Å². The largest absolute Gasteiger partial charge is 0.493 e.